The molecule has 2 heteroatoms. The molecule has 104 valence electrons. The van der Waals surface area contributed by atoms with Gasteiger partial charge in [-0.1, -0.05) is 48.5 Å². The first-order chi connectivity index (χ1) is 8.10. The SMILES string of the molecule is CC(CNCc1ccc(C(C)(C)C)s1)C(C)(C)C. The molecule has 0 aliphatic rings. The summed E-state index contributed by atoms with van der Waals surface area (Å²) < 4.78 is 0. The molecular formula is C16H29NS. The quantitative estimate of drug-likeness (QED) is 0.825. The highest BCUT2D eigenvalue weighted by molar-refractivity contribution is 7.12. The first-order valence-corrected chi connectivity index (χ1v) is 7.72. The summed E-state index contributed by atoms with van der Waals surface area (Å²) in [5, 5.41) is 3.58. The summed E-state index contributed by atoms with van der Waals surface area (Å²) in [6, 6.07) is 4.54. The average molecular weight is 267 g/mol. The Hall–Kier alpha value is -0.340. The highest BCUT2D eigenvalue weighted by atomic mass is 32.1. The van der Waals surface area contributed by atoms with Gasteiger partial charge in [0.05, 0.1) is 0 Å². The zero-order chi connectivity index (χ0) is 14.0. The lowest BCUT2D eigenvalue weighted by molar-refractivity contribution is 0.253. The Morgan fingerprint density at radius 3 is 2.17 bits per heavy atom. The van der Waals surface area contributed by atoms with Crippen molar-refractivity contribution in [1.82, 2.24) is 5.32 Å². The minimum absolute atomic E-state index is 0.279. The van der Waals surface area contributed by atoms with Gasteiger partial charge < -0.3 is 5.32 Å². The zero-order valence-electron chi connectivity index (χ0n) is 13.1. The molecule has 0 bridgehead atoms. The van der Waals surface area contributed by atoms with Gasteiger partial charge in [-0.15, -0.1) is 11.3 Å². The van der Waals surface area contributed by atoms with Crippen molar-refractivity contribution >= 4 is 11.3 Å². The van der Waals surface area contributed by atoms with Crippen LogP contribution >= 0.6 is 11.3 Å². The number of hydrogen-bond acceptors (Lipinski definition) is 2. The lowest BCUT2D eigenvalue weighted by atomic mass is 9.82. The standard InChI is InChI=1S/C16H29NS/c1-12(15(2,3)4)10-17-11-13-8-9-14(18-13)16(5,6)7/h8-9,12,17H,10-11H2,1-7H3. The Bertz CT molecular complexity index is 365. The summed E-state index contributed by atoms with van der Waals surface area (Å²) in [5.41, 5.74) is 0.667. The van der Waals surface area contributed by atoms with E-state index < -0.39 is 0 Å². The Labute approximate surface area is 117 Å². The molecular weight excluding hydrogens is 238 g/mol. The first-order valence-electron chi connectivity index (χ1n) is 6.90. The van der Waals surface area contributed by atoms with Gasteiger partial charge in [-0.3, -0.25) is 0 Å². The summed E-state index contributed by atoms with van der Waals surface area (Å²) in [6.07, 6.45) is 0. The molecule has 0 radical (unpaired) electrons. The molecule has 1 N–H and O–H groups in total. The molecule has 18 heavy (non-hydrogen) atoms. The molecule has 0 fully saturated rings. The fraction of sp³-hybridized carbons (Fsp3) is 0.750. The van der Waals surface area contributed by atoms with E-state index in [1.54, 1.807) is 0 Å². The summed E-state index contributed by atoms with van der Waals surface area (Å²) in [4.78, 5) is 2.92. The summed E-state index contributed by atoms with van der Waals surface area (Å²) >= 11 is 1.94. The largest absolute Gasteiger partial charge is 0.312 e. The minimum Gasteiger partial charge on any atom is -0.312 e. The zero-order valence-corrected chi connectivity index (χ0v) is 13.9. The van der Waals surface area contributed by atoms with Crippen molar-refractivity contribution in [3.63, 3.8) is 0 Å². The molecule has 1 heterocycles. The molecule has 1 atom stereocenters. The van der Waals surface area contributed by atoms with Crippen LogP contribution in [0.15, 0.2) is 12.1 Å². The molecule has 1 aromatic rings. The van der Waals surface area contributed by atoms with Crippen molar-refractivity contribution in [2.24, 2.45) is 11.3 Å². The van der Waals surface area contributed by atoms with Crippen LogP contribution in [0.2, 0.25) is 0 Å². The fourth-order valence-corrected chi connectivity index (χ4v) is 2.63. The number of rotatable bonds is 4. The summed E-state index contributed by atoms with van der Waals surface area (Å²) in [5.74, 6) is 0.694. The van der Waals surface area contributed by atoms with Crippen LogP contribution in [0.1, 0.15) is 58.2 Å². The lowest BCUT2D eigenvalue weighted by Gasteiger charge is -2.27. The van der Waals surface area contributed by atoms with Crippen molar-refractivity contribution in [3.05, 3.63) is 21.9 Å². The van der Waals surface area contributed by atoms with Gasteiger partial charge in [-0.2, -0.15) is 0 Å². The molecule has 0 aliphatic heterocycles. The molecule has 1 rings (SSSR count). The molecule has 1 aromatic heterocycles. The van der Waals surface area contributed by atoms with Crippen molar-refractivity contribution in [2.45, 2.75) is 60.4 Å². The molecule has 1 unspecified atom stereocenters. The smallest absolute Gasteiger partial charge is 0.0299 e. The molecule has 1 nitrogen and oxygen atoms in total. The first kappa shape index (κ1) is 15.7. The van der Waals surface area contributed by atoms with E-state index in [1.165, 1.54) is 9.75 Å². The Morgan fingerprint density at radius 1 is 1.11 bits per heavy atom. The van der Waals surface area contributed by atoms with Crippen LogP contribution < -0.4 is 5.32 Å². The van der Waals surface area contributed by atoms with E-state index in [-0.39, 0.29) is 5.41 Å². The van der Waals surface area contributed by atoms with Gasteiger partial charge in [0.1, 0.15) is 0 Å². The minimum atomic E-state index is 0.279. The lowest BCUT2D eigenvalue weighted by Crippen LogP contribution is -2.29. The normalized spacial score (nSPS) is 14.8. The van der Waals surface area contributed by atoms with Crippen molar-refractivity contribution in [2.75, 3.05) is 6.54 Å². The molecule has 0 aromatic carbocycles. The maximum atomic E-state index is 3.58. The predicted octanol–water partition coefficient (Wildman–Crippen LogP) is 4.82. The highest BCUT2D eigenvalue weighted by Gasteiger charge is 2.19. The highest BCUT2D eigenvalue weighted by Crippen LogP contribution is 2.29. The van der Waals surface area contributed by atoms with Crippen LogP contribution in [-0.2, 0) is 12.0 Å². The third-order valence-electron chi connectivity index (χ3n) is 3.63. The van der Waals surface area contributed by atoms with Gasteiger partial charge in [0.15, 0.2) is 0 Å². The van der Waals surface area contributed by atoms with Crippen molar-refractivity contribution < 1.29 is 0 Å². The van der Waals surface area contributed by atoms with Crippen LogP contribution in [0.4, 0.5) is 0 Å². The van der Waals surface area contributed by atoms with Gasteiger partial charge in [0, 0.05) is 16.3 Å². The molecule has 0 amide bonds. The molecule has 0 saturated heterocycles. The second kappa shape index (κ2) is 5.75. The van der Waals surface area contributed by atoms with Gasteiger partial charge in [-0.25, -0.2) is 0 Å². The van der Waals surface area contributed by atoms with E-state index in [9.17, 15) is 0 Å². The van der Waals surface area contributed by atoms with Crippen LogP contribution in [0.5, 0.6) is 0 Å². The second-order valence-corrected chi connectivity index (χ2v) is 8.58. The third-order valence-corrected chi connectivity index (χ3v) is 5.14. The van der Waals surface area contributed by atoms with Gasteiger partial charge in [-0.05, 0) is 35.4 Å². The fourth-order valence-electron chi connectivity index (χ4n) is 1.59. The number of hydrogen-bond donors (Lipinski definition) is 1. The van der Waals surface area contributed by atoms with Crippen LogP contribution in [0.25, 0.3) is 0 Å². The van der Waals surface area contributed by atoms with Gasteiger partial charge in [0.2, 0.25) is 0 Å². The molecule has 0 aliphatic carbocycles. The average Bonchev–Trinajstić information content (AvgIpc) is 2.64. The van der Waals surface area contributed by atoms with E-state index >= 15 is 0 Å². The van der Waals surface area contributed by atoms with E-state index in [2.05, 4.69) is 65.9 Å². The van der Waals surface area contributed by atoms with E-state index in [0.717, 1.165) is 13.1 Å². The maximum Gasteiger partial charge on any atom is 0.0299 e. The monoisotopic (exact) mass is 267 g/mol. The Kier molecular flexibility index (Phi) is 5.02. The molecule has 0 saturated carbocycles. The van der Waals surface area contributed by atoms with Crippen LogP contribution in [-0.4, -0.2) is 6.54 Å². The third kappa shape index (κ3) is 4.74. The van der Waals surface area contributed by atoms with E-state index in [4.69, 9.17) is 0 Å². The molecule has 0 spiro atoms. The van der Waals surface area contributed by atoms with Crippen molar-refractivity contribution in [3.8, 4) is 0 Å². The number of thiophene rings is 1. The summed E-state index contributed by atoms with van der Waals surface area (Å²) in [6.45, 7) is 18.2. The topological polar surface area (TPSA) is 12.0 Å². The maximum absolute atomic E-state index is 3.58. The van der Waals surface area contributed by atoms with E-state index in [1.807, 2.05) is 11.3 Å². The Balaban J connectivity index is 2.43. The second-order valence-electron chi connectivity index (χ2n) is 7.41. The van der Waals surface area contributed by atoms with Crippen molar-refractivity contribution in [1.29, 1.82) is 0 Å². The van der Waals surface area contributed by atoms with Crippen LogP contribution in [0.3, 0.4) is 0 Å². The summed E-state index contributed by atoms with van der Waals surface area (Å²) in [7, 11) is 0. The predicted molar refractivity (Wildman–Crippen MR) is 83.3 cm³/mol. The number of nitrogens with one attached hydrogen (secondary N) is 1. The van der Waals surface area contributed by atoms with E-state index in [0.29, 0.717) is 11.3 Å². The van der Waals surface area contributed by atoms with Crippen LogP contribution in [0, 0.1) is 11.3 Å². The van der Waals surface area contributed by atoms with Gasteiger partial charge >= 0.3 is 0 Å². The Morgan fingerprint density at radius 2 is 1.72 bits per heavy atom. The van der Waals surface area contributed by atoms with Gasteiger partial charge in [0.25, 0.3) is 0 Å².